The van der Waals surface area contributed by atoms with Crippen molar-refractivity contribution in [2.45, 2.75) is 90.3 Å². The second-order valence-corrected chi connectivity index (χ2v) is 10.1. The average Bonchev–Trinajstić information content (AvgIpc) is 2.84. The monoisotopic (exact) mass is 334 g/mol. The molecule has 0 unspecified atom stereocenters. The molecule has 8 atom stereocenters. The predicted octanol–water partition coefficient (Wildman–Crippen LogP) is 3.71. The van der Waals surface area contributed by atoms with Crippen molar-refractivity contribution in [1.82, 2.24) is 0 Å². The highest BCUT2D eigenvalue weighted by Gasteiger charge is 2.61. The van der Waals surface area contributed by atoms with Crippen molar-refractivity contribution in [3.63, 3.8) is 0 Å². The maximum atomic E-state index is 11.9. The number of hydrogen-bond acceptors (Lipinski definition) is 3. The van der Waals surface area contributed by atoms with Crippen molar-refractivity contribution in [2.75, 3.05) is 0 Å². The number of fused-ring (bicyclic) bond motifs is 5. The van der Waals surface area contributed by atoms with E-state index in [1.165, 1.54) is 19.3 Å². The number of ketones is 1. The van der Waals surface area contributed by atoms with Crippen molar-refractivity contribution in [3.8, 4) is 0 Å². The average molecular weight is 335 g/mol. The van der Waals surface area contributed by atoms with Crippen LogP contribution >= 0.6 is 0 Å². The first kappa shape index (κ1) is 17.0. The third kappa shape index (κ3) is 2.13. The van der Waals surface area contributed by atoms with Crippen molar-refractivity contribution in [3.05, 3.63) is 0 Å². The van der Waals surface area contributed by atoms with E-state index >= 15 is 0 Å². The molecule has 4 aliphatic rings. The fourth-order valence-electron chi connectivity index (χ4n) is 7.54. The van der Waals surface area contributed by atoms with Crippen LogP contribution in [0.1, 0.15) is 78.6 Å². The van der Waals surface area contributed by atoms with Crippen LogP contribution in [0.4, 0.5) is 0 Å². The van der Waals surface area contributed by atoms with Gasteiger partial charge in [0, 0.05) is 0 Å². The molecule has 0 aromatic heterocycles. The fraction of sp³-hybridized carbons (Fsp3) is 0.952. The van der Waals surface area contributed by atoms with Crippen LogP contribution in [-0.4, -0.2) is 27.7 Å². The van der Waals surface area contributed by atoms with E-state index < -0.39 is 5.60 Å². The molecule has 0 aromatic rings. The topological polar surface area (TPSA) is 57.5 Å². The van der Waals surface area contributed by atoms with E-state index in [1.807, 2.05) is 0 Å². The van der Waals surface area contributed by atoms with Gasteiger partial charge in [-0.15, -0.1) is 0 Å². The molecule has 4 rings (SSSR count). The Hall–Kier alpha value is -0.410. The van der Waals surface area contributed by atoms with Crippen LogP contribution in [0.3, 0.4) is 0 Å². The van der Waals surface area contributed by atoms with Gasteiger partial charge in [0.2, 0.25) is 0 Å². The molecule has 136 valence electrons. The van der Waals surface area contributed by atoms with Gasteiger partial charge in [0.25, 0.3) is 0 Å². The van der Waals surface area contributed by atoms with E-state index in [4.69, 9.17) is 0 Å². The third-order valence-corrected chi connectivity index (χ3v) is 9.33. The van der Waals surface area contributed by atoms with E-state index in [0.717, 1.165) is 37.5 Å². The summed E-state index contributed by atoms with van der Waals surface area (Å²) < 4.78 is 0. The molecule has 0 heterocycles. The minimum atomic E-state index is -1.07. The molecule has 0 radical (unpaired) electrons. The standard InChI is InChI=1S/C21H34O3/c1-13(22)21(24)11-10-19(2)14(12-21)4-5-15-16-6-7-18(23)20(16,3)9-8-17(15)19/h14-18,23-24H,4-12H2,1-3H3/t14-,15+,16+,17-,18-,19-,20-,21-/m0/s1. The number of Topliss-reactive ketones (excluding diaryl/α,β-unsaturated/α-hetero) is 1. The second-order valence-electron chi connectivity index (χ2n) is 10.1. The largest absolute Gasteiger partial charge is 0.393 e. The number of rotatable bonds is 1. The Labute approximate surface area is 146 Å². The molecule has 0 aromatic carbocycles. The summed E-state index contributed by atoms with van der Waals surface area (Å²) in [6.45, 7) is 6.33. The summed E-state index contributed by atoms with van der Waals surface area (Å²) in [7, 11) is 0. The minimum absolute atomic E-state index is 0.0400. The van der Waals surface area contributed by atoms with Crippen LogP contribution in [0.15, 0.2) is 0 Å². The Morgan fingerprint density at radius 2 is 1.62 bits per heavy atom. The van der Waals surface area contributed by atoms with Crippen molar-refractivity contribution in [1.29, 1.82) is 0 Å². The van der Waals surface area contributed by atoms with Gasteiger partial charge in [-0.2, -0.15) is 0 Å². The zero-order chi connectivity index (χ0) is 17.3. The van der Waals surface area contributed by atoms with E-state index in [-0.39, 0.29) is 22.7 Å². The molecule has 4 saturated carbocycles. The highest BCUT2D eigenvalue weighted by Crippen LogP contribution is 2.66. The maximum absolute atomic E-state index is 11.9. The fourth-order valence-corrected chi connectivity index (χ4v) is 7.54. The van der Waals surface area contributed by atoms with Crippen LogP contribution in [0.2, 0.25) is 0 Å². The molecule has 0 bridgehead atoms. The van der Waals surface area contributed by atoms with Crippen LogP contribution in [0.5, 0.6) is 0 Å². The zero-order valence-corrected chi connectivity index (χ0v) is 15.6. The summed E-state index contributed by atoms with van der Waals surface area (Å²) in [6.07, 6.45) is 9.12. The zero-order valence-electron chi connectivity index (χ0n) is 15.6. The van der Waals surface area contributed by atoms with Gasteiger partial charge in [-0.1, -0.05) is 13.8 Å². The summed E-state index contributed by atoms with van der Waals surface area (Å²) in [5, 5.41) is 21.3. The molecule has 3 nitrogen and oxygen atoms in total. The Kier molecular flexibility index (Phi) is 3.76. The molecular formula is C21H34O3. The minimum Gasteiger partial charge on any atom is -0.393 e. The second kappa shape index (κ2) is 5.30. The highest BCUT2D eigenvalue weighted by atomic mass is 16.3. The number of hydrogen-bond donors (Lipinski definition) is 2. The molecule has 0 aliphatic heterocycles. The van der Waals surface area contributed by atoms with Gasteiger partial charge in [0.05, 0.1) is 6.10 Å². The van der Waals surface area contributed by atoms with E-state index in [9.17, 15) is 15.0 Å². The van der Waals surface area contributed by atoms with Crippen LogP contribution in [0.25, 0.3) is 0 Å². The van der Waals surface area contributed by atoms with Gasteiger partial charge >= 0.3 is 0 Å². The van der Waals surface area contributed by atoms with Crippen LogP contribution in [0, 0.1) is 34.5 Å². The van der Waals surface area contributed by atoms with Gasteiger partial charge in [-0.25, -0.2) is 0 Å². The van der Waals surface area contributed by atoms with Crippen molar-refractivity contribution in [2.24, 2.45) is 34.5 Å². The first-order valence-electron chi connectivity index (χ1n) is 10.1. The Bertz CT molecular complexity index is 545. The predicted molar refractivity (Wildman–Crippen MR) is 93.4 cm³/mol. The summed E-state index contributed by atoms with van der Waals surface area (Å²) >= 11 is 0. The summed E-state index contributed by atoms with van der Waals surface area (Å²) in [5.41, 5.74) is -0.650. The first-order chi connectivity index (χ1) is 11.2. The Morgan fingerprint density at radius 3 is 2.33 bits per heavy atom. The highest BCUT2D eigenvalue weighted by molar-refractivity contribution is 5.84. The quantitative estimate of drug-likeness (QED) is 0.768. The molecule has 24 heavy (non-hydrogen) atoms. The molecule has 2 N–H and O–H groups in total. The molecular weight excluding hydrogens is 300 g/mol. The SMILES string of the molecule is CC(=O)[C@]1(O)CC[C@@]2(C)[C@@H](CC[C@@H]3[C@H]4CC[C@H](O)[C@@]4(C)CC[C@@H]32)C1. The summed E-state index contributed by atoms with van der Waals surface area (Å²) in [4.78, 5) is 11.9. The summed E-state index contributed by atoms with van der Waals surface area (Å²) in [5.74, 6) is 2.58. The molecule has 3 heteroatoms. The molecule has 0 saturated heterocycles. The van der Waals surface area contributed by atoms with Crippen molar-refractivity contribution >= 4 is 5.78 Å². The number of carbonyl (C=O) groups is 1. The van der Waals surface area contributed by atoms with E-state index in [2.05, 4.69) is 13.8 Å². The normalized spacial score (nSPS) is 57.0. The maximum Gasteiger partial charge on any atom is 0.161 e. The van der Waals surface area contributed by atoms with E-state index in [1.54, 1.807) is 6.92 Å². The lowest BCUT2D eigenvalue weighted by Crippen LogP contribution is -2.57. The summed E-state index contributed by atoms with van der Waals surface area (Å²) in [6, 6.07) is 0. The smallest absolute Gasteiger partial charge is 0.161 e. The third-order valence-electron chi connectivity index (χ3n) is 9.33. The van der Waals surface area contributed by atoms with Crippen LogP contribution < -0.4 is 0 Å². The van der Waals surface area contributed by atoms with Crippen LogP contribution in [-0.2, 0) is 4.79 Å². The van der Waals surface area contributed by atoms with Crippen molar-refractivity contribution < 1.29 is 15.0 Å². The number of carbonyl (C=O) groups excluding carboxylic acids is 1. The first-order valence-corrected chi connectivity index (χ1v) is 10.1. The number of aliphatic hydroxyl groups is 2. The lowest BCUT2D eigenvalue weighted by Gasteiger charge is -2.61. The van der Waals surface area contributed by atoms with Gasteiger partial charge < -0.3 is 10.2 Å². The molecule has 0 spiro atoms. The lowest BCUT2D eigenvalue weighted by atomic mass is 9.44. The Morgan fingerprint density at radius 1 is 0.917 bits per heavy atom. The molecule has 0 amide bonds. The molecule has 4 aliphatic carbocycles. The molecule has 4 fully saturated rings. The number of aliphatic hydroxyl groups excluding tert-OH is 1. The Balaban J connectivity index is 1.60. The lowest BCUT2D eigenvalue weighted by molar-refractivity contribution is -0.166. The van der Waals surface area contributed by atoms with Gasteiger partial charge in [-0.05, 0) is 99.2 Å². The van der Waals surface area contributed by atoms with Gasteiger partial charge in [0.15, 0.2) is 5.78 Å². The van der Waals surface area contributed by atoms with E-state index in [0.29, 0.717) is 24.7 Å². The van der Waals surface area contributed by atoms with Gasteiger partial charge in [-0.3, -0.25) is 4.79 Å². The van der Waals surface area contributed by atoms with Gasteiger partial charge in [0.1, 0.15) is 5.60 Å².